The van der Waals surface area contributed by atoms with Crippen molar-refractivity contribution in [2.45, 2.75) is 57.9 Å². The normalized spacial score (nSPS) is 22.6. The summed E-state index contributed by atoms with van der Waals surface area (Å²) in [5.74, 6) is 0. The third kappa shape index (κ3) is 2.79. The Hall–Kier alpha value is -0.810. The molecule has 1 heterocycles. The Morgan fingerprint density at radius 1 is 1.45 bits per heavy atom. The van der Waals surface area contributed by atoms with Gasteiger partial charge in [0.2, 0.25) is 0 Å². The number of hydrogen-bond acceptors (Lipinski definition) is 3. The molecular weight excluding hydrogens is 272 g/mol. The molecule has 1 aliphatic carbocycles. The highest BCUT2D eigenvalue weighted by Gasteiger charge is 2.35. The van der Waals surface area contributed by atoms with Gasteiger partial charge in [-0.1, -0.05) is 13.8 Å². The second-order valence-corrected chi connectivity index (χ2v) is 10.2. The van der Waals surface area contributed by atoms with Crippen LogP contribution in [0.15, 0.2) is 12.3 Å². The van der Waals surface area contributed by atoms with Gasteiger partial charge in [-0.25, -0.2) is 8.42 Å². The van der Waals surface area contributed by atoms with Crippen molar-refractivity contribution >= 4 is 9.84 Å². The highest BCUT2D eigenvalue weighted by molar-refractivity contribution is 7.92. The third-order valence-corrected chi connectivity index (χ3v) is 6.62. The van der Waals surface area contributed by atoms with E-state index in [1.807, 2.05) is 12.3 Å². The number of aromatic nitrogens is 1. The molecule has 0 amide bonds. The first-order valence-electron chi connectivity index (χ1n) is 7.06. The molecule has 0 saturated carbocycles. The van der Waals surface area contributed by atoms with Gasteiger partial charge in [-0.3, -0.25) is 0 Å². The molecule has 1 aromatic heterocycles. The second-order valence-electron chi connectivity index (χ2n) is 7.53. The fourth-order valence-corrected chi connectivity index (χ4v) is 3.34. The van der Waals surface area contributed by atoms with Crippen molar-refractivity contribution in [1.29, 1.82) is 0 Å². The van der Waals surface area contributed by atoms with Crippen LogP contribution in [0.4, 0.5) is 0 Å². The summed E-state index contributed by atoms with van der Waals surface area (Å²) in [7, 11) is -3.10. The van der Waals surface area contributed by atoms with Crippen molar-refractivity contribution in [2.24, 2.45) is 11.1 Å². The number of nitrogens with two attached hydrogens (primary N) is 1. The van der Waals surface area contributed by atoms with Gasteiger partial charge in [0, 0.05) is 30.7 Å². The number of rotatable bonds is 3. The van der Waals surface area contributed by atoms with Gasteiger partial charge in [-0.05, 0) is 43.7 Å². The fourth-order valence-electron chi connectivity index (χ4n) is 2.97. The van der Waals surface area contributed by atoms with Crippen molar-refractivity contribution in [1.82, 2.24) is 4.57 Å². The SMILES string of the molecule is CC1(C)Cc2c(ccn2CC(C)(C)S(C)(=O)=O)C(N)C1. The summed E-state index contributed by atoms with van der Waals surface area (Å²) in [6, 6.07) is 2.10. The molecule has 1 unspecified atom stereocenters. The van der Waals surface area contributed by atoms with Crippen LogP contribution in [-0.4, -0.2) is 24.0 Å². The van der Waals surface area contributed by atoms with Crippen LogP contribution < -0.4 is 5.73 Å². The number of hydrogen-bond donors (Lipinski definition) is 1. The zero-order chi connectivity index (χ0) is 15.3. The van der Waals surface area contributed by atoms with Crippen LogP contribution in [0, 0.1) is 5.41 Å². The first-order valence-corrected chi connectivity index (χ1v) is 8.95. The average molecular weight is 298 g/mol. The molecule has 0 saturated heterocycles. The molecule has 2 N–H and O–H groups in total. The van der Waals surface area contributed by atoms with Crippen LogP contribution in [0.2, 0.25) is 0 Å². The Labute approximate surface area is 122 Å². The molecule has 20 heavy (non-hydrogen) atoms. The molecule has 0 spiro atoms. The molecule has 2 rings (SSSR count). The quantitative estimate of drug-likeness (QED) is 0.931. The van der Waals surface area contributed by atoms with Crippen LogP contribution in [0.3, 0.4) is 0 Å². The Kier molecular flexibility index (Phi) is 3.58. The van der Waals surface area contributed by atoms with Crippen molar-refractivity contribution < 1.29 is 8.42 Å². The van der Waals surface area contributed by atoms with E-state index in [1.54, 1.807) is 13.8 Å². The predicted molar refractivity (Wildman–Crippen MR) is 82.4 cm³/mol. The van der Waals surface area contributed by atoms with E-state index in [2.05, 4.69) is 18.4 Å². The molecule has 0 fully saturated rings. The topological polar surface area (TPSA) is 65.1 Å². The van der Waals surface area contributed by atoms with Crippen LogP contribution in [-0.2, 0) is 22.8 Å². The molecule has 1 aromatic rings. The van der Waals surface area contributed by atoms with Gasteiger partial charge in [0.15, 0.2) is 9.84 Å². The zero-order valence-electron chi connectivity index (χ0n) is 13.1. The van der Waals surface area contributed by atoms with Gasteiger partial charge in [0.05, 0.1) is 4.75 Å². The van der Waals surface area contributed by atoms with E-state index in [1.165, 1.54) is 17.5 Å². The van der Waals surface area contributed by atoms with Crippen molar-refractivity contribution in [2.75, 3.05) is 6.26 Å². The van der Waals surface area contributed by atoms with Gasteiger partial charge >= 0.3 is 0 Å². The van der Waals surface area contributed by atoms with Gasteiger partial charge < -0.3 is 10.3 Å². The summed E-state index contributed by atoms with van der Waals surface area (Å²) in [4.78, 5) is 0. The maximum Gasteiger partial charge on any atom is 0.154 e. The minimum Gasteiger partial charge on any atom is -0.350 e. The largest absolute Gasteiger partial charge is 0.350 e. The number of nitrogens with zero attached hydrogens (tertiary/aromatic N) is 1. The summed E-state index contributed by atoms with van der Waals surface area (Å²) in [5, 5.41) is 0. The molecule has 5 heteroatoms. The van der Waals surface area contributed by atoms with Crippen LogP contribution in [0.25, 0.3) is 0 Å². The molecule has 0 aliphatic heterocycles. The highest BCUT2D eigenvalue weighted by Crippen LogP contribution is 2.40. The summed E-state index contributed by atoms with van der Waals surface area (Å²) >= 11 is 0. The molecule has 114 valence electrons. The Morgan fingerprint density at radius 2 is 2.05 bits per heavy atom. The molecule has 0 radical (unpaired) electrons. The summed E-state index contributed by atoms with van der Waals surface area (Å²) in [6.45, 7) is 8.47. The molecule has 1 atom stereocenters. The predicted octanol–water partition coefficient (Wildman–Crippen LogP) is 2.28. The van der Waals surface area contributed by atoms with Gasteiger partial charge in [-0.2, -0.15) is 0 Å². The van der Waals surface area contributed by atoms with E-state index < -0.39 is 14.6 Å². The molecule has 1 aliphatic rings. The van der Waals surface area contributed by atoms with Gasteiger partial charge in [0.25, 0.3) is 0 Å². The Morgan fingerprint density at radius 3 is 2.60 bits per heavy atom. The first-order chi connectivity index (χ1) is 8.93. The molecule has 4 nitrogen and oxygen atoms in total. The minimum absolute atomic E-state index is 0.0522. The van der Waals surface area contributed by atoms with Crippen molar-refractivity contribution in [3.63, 3.8) is 0 Å². The highest BCUT2D eigenvalue weighted by atomic mass is 32.2. The Balaban J connectivity index is 2.38. The van der Waals surface area contributed by atoms with E-state index in [0.29, 0.717) is 6.54 Å². The van der Waals surface area contributed by atoms with E-state index in [-0.39, 0.29) is 11.5 Å². The van der Waals surface area contributed by atoms with Crippen molar-refractivity contribution in [3.8, 4) is 0 Å². The van der Waals surface area contributed by atoms with Gasteiger partial charge in [-0.15, -0.1) is 0 Å². The third-order valence-electron chi connectivity index (χ3n) is 4.49. The maximum absolute atomic E-state index is 11.9. The summed E-state index contributed by atoms with van der Waals surface area (Å²) < 4.78 is 25.1. The summed E-state index contributed by atoms with van der Waals surface area (Å²) in [6.07, 6.45) is 5.21. The second kappa shape index (κ2) is 4.60. The zero-order valence-corrected chi connectivity index (χ0v) is 13.9. The lowest BCUT2D eigenvalue weighted by Crippen LogP contribution is -2.37. The molecule has 0 aromatic carbocycles. The Bertz CT molecular complexity index is 612. The van der Waals surface area contributed by atoms with E-state index in [9.17, 15) is 8.42 Å². The van der Waals surface area contributed by atoms with Crippen LogP contribution >= 0.6 is 0 Å². The monoisotopic (exact) mass is 298 g/mol. The lowest BCUT2D eigenvalue weighted by Gasteiger charge is -2.35. The lowest BCUT2D eigenvalue weighted by molar-refractivity contribution is 0.274. The van der Waals surface area contributed by atoms with Gasteiger partial charge in [0.1, 0.15) is 0 Å². The van der Waals surface area contributed by atoms with Crippen LogP contribution in [0.1, 0.15) is 51.4 Å². The summed E-state index contributed by atoms with van der Waals surface area (Å²) in [5.41, 5.74) is 8.79. The fraction of sp³-hybridized carbons (Fsp3) is 0.733. The van der Waals surface area contributed by atoms with E-state index in [4.69, 9.17) is 5.73 Å². The number of fused-ring (bicyclic) bond motifs is 1. The molecule has 0 bridgehead atoms. The van der Waals surface area contributed by atoms with E-state index >= 15 is 0 Å². The van der Waals surface area contributed by atoms with E-state index in [0.717, 1.165) is 12.8 Å². The van der Waals surface area contributed by atoms with Crippen LogP contribution in [0.5, 0.6) is 0 Å². The first kappa shape index (κ1) is 15.6. The number of sulfone groups is 1. The molecular formula is C15H26N2O2S. The minimum atomic E-state index is -3.10. The standard InChI is InChI=1S/C15H26N2O2S/c1-14(2)8-12(16)11-6-7-17(13(11)9-14)10-15(3,4)20(5,18)19/h6-7,12H,8-10,16H2,1-5H3. The smallest absolute Gasteiger partial charge is 0.154 e. The maximum atomic E-state index is 11.9. The van der Waals surface area contributed by atoms with Crippen molar-refractivity contribution in [3.05, 3.63) is 23.5 Å². The average Bonchev–Trinajstić information content (AvgIpc) is 2.57. The lowest BCUT2D eigenvalue weighted by atomic mass is 9.74.